The van der Waals surface area contributed by atoms with Crippen molar-refractivity contribution in [3.05, 3.63) is 65.4 Å². The monoisotopic (exact) mass is 565 g/mol. The summed E-state index contributed by atoms with van der Waals surface area (Å²) in [6, 6.07) is 9.70. The first kappa shape index (κ1) is 28.4. The van der Waals surface area contributed by atoms with Crippen LogP contribution in [0.1, 0.15) is 38.3 Å². The molecule has 0 radical (unpaired) electrons. The normalized spacial score (nSPS) is 19.9. The van der Waals surface area contributed by atoms with E-state index in [1.807, 2.05) is 25.1 Å². The number of rotatable bonds is 11. The fourth-order valence-electron chi connectivity index (χ4n) is 5.36. The van der Waals surface area contributed by atoms with E-state index < -0.39 is 18.0 Å². The van der Waals surface area contributed by atoms with Crippen LogP contribution in [0.25, 0.3) is 0 Å². The fraction of sp³-hybridized carbons (Fsp3) is 0.419. The summed E-state index contributed by atoms with van der Waals surface area (Å²) < 4.78 is 38.8. The zero-order valence-electron chi connectivity index (χ0n) is 23.7. The highest BCUT2D eigenvalue weighted by Crippen LogP contribution is 2.49. The van der Waals surface area contributed by atoms with Crippen molar-refractivity contribution in [3.63, 3.8) is 0 Å². The van der Waals surface area contributed by atoms with Gasteiger partial charge in [-0.05, 0) is 37.6 Å². The number of carbonyl (C=O) groups excluding carboxylic acids is 2. The maximum atomic E-state index is 13.5. The van der Waals surface area contributed by atoms with E-state index in [1.165, 1.54) is 12.7 Å². The predicted molar refractivity (Wildman–Crippen MR) is 148 cm³/mol. The van der Waals surface area contributed by atoms with Crippen LogP contribution in [-0.4, -0.2) is 63.7 Å². The lowest BCUT2D eigenvalue weighted by molar-refractivity contribution is -0.143. The van der Waals surface area contributed by atoms with Crippen molar-refractivity contribution in [2.45, 2.75) is 38.8 Å². The summed E-state index contributed by atoms with van der Waals surface area (Å²) in [4.78, 5) is 27.6. The number of hydrogen-bond acceptors (Lipinski definition) is 10. The fourth-order valence-corrected chi connectivity index (χ4v) is 5.36. The molecule has 3 atom stereocenters. The van der Waals surface area contributed by atoms with Gasteiger partial charge in [-0.15, -0.1) is 0 Å². The summed E-state index contributed by atoms with van der Waals surface area (Å²) in [7, 11) is 2.88. The van der Waals surface area contributed by atoms with Gasteiger partial charge in [-0.3, -0.25) is 4.90 Å². The van der Waals surface area contributed by atoms with Gasteiger partial charge in [0.05, 0.1) is 26.6 Å². The summed E-state index contributed by atoms with van der Waals surface area (Å²) >= 11 is 0. The molecule has 1 aliphatic carbocycles. The minimum absolute atomic E-state index is 0.0153. The van der Waals surface area contributed by atoms with Gasteiger partial charge in [0.1, 0.15) is 23.3 Å². The van der Waals surface area contributed by atoms with Gasteiger partial charge >= 0.3 is 11.9 Å². The van der Waals surface area contributed by atoms with Gasteiger partial charge in [0, 0.05) is 42.6 Å². The second-order valence-electron chi connectivity index (χ2n) is 10.0. The van der Waals surface area contributed by atoms with Crippen molar-refractivity contribution in [3.8, 4) is 28.7 Å². The standard InChI is InChI=1S/C31H35NO9/c1-5-12-37-22-7-6-20-16-32(19(2)31(34)41-23-9-11-26-28(15-23)40-18-39-26)30(25(20)13-22)24-10-8-21(35-3)14-27(24)38-17-29(33)36-4/h6-11,14-15,19,25,30H,5,12-13,16-18H2,1-4H3. The summed E-state index contributed by atoms with van der Waals surface area (Å²) in [5.74, 6) is 2.59. The van der Waals surface area contributed by atoms with Crippen LogP contribution in [0, 0.1) is 5.92 Å². The molecule has 2 aromatic rings. The summed E-state index contributed by atoms with van der Waals surface area (Å²) in [6.07, 6.45) is 5.67. The number of benzene rings is 2. The largest absolute Gasteiger partial charge is 0.498 e. The Kier molecular flexibility index (Phi) is 8.68. The molecule has 0 aromatic heterocycles. The van der Waals surface area contributed by atoms with Gasteiger partial charge in [-0.25, -0.2) is 9.59 Å². The Balaban J connectivity index is 1.46. The molecule has 2 aliphatic heterocycles. The van der Waals surface area contributed by atoms with E-state index in [0.717, 1.165) is 17.7 Å². The zero-order chi connectivity index (χ0) is 28.9. The molecule has 1 fully saturated rings. The Morgan fingerprint density at radius 2 is 1.83 bits per heavy atom. The quantitative estimate of drug-likeness (QED) is 0.284. The molecule has 3 unspecified atom stereocenters. The first-order valence-corrected chi connectivity index (χ1v) is 13.7. The molecule has 0 bridgehead atoms. The first-order valence-electron chi connectivity index (χ1n) is 13.7. The van der Waals surface area contributed by atoms with Crippen LogP contribution in [-0.2, 0) is 19.1 Å². The van der Waals surface area contributed by atoms with E-state index in [-0.39, 0.29) is 25.4 Å². The average Bonchev–Trinajstić information content (AvgIpc) is 3.62. The van der Waals surface area contributed by atoms with Crippen molar-refractivity contribution >= 4 is 11.9 Å². The number of allylic oxidation sites excluding steroid dienone is 3. The molecular formula is C31H35NO9. The Hall–Kier alpha value is -4.18. The van der Waals surface area contributed by atoms with E-state index in [2.05, 4.69) is 17.9 Å². The highest BCUT2D eigenvalue weighted by molar-refractivity contribution is 5.78. The Morgan fingerprint density at radius 3 is 2.61 bits per heavy atom. The Morgan fingerprint density at radius 1 is 1.02 bits per heavy atom. The summed E-state index contributed by atoms with van der Waals surface area (Å²) in [6.45, 7) is 4.96. The molecule has 0 amide bonds. The van der Waals surface area contributed by atoms with Crippen LogP contribution < -0.4 is 23.7 Å². The maximum absolute atomic E-state index is 13.5. The van der Waals surface area contributed by atoms with Gasteiger partial charge in [0.15, 0.2) is 18.1 Å². The average molecular weight is 566 g/mol. The molecule has 0 saturated carbocycles. The van der Waals surface area contributed by atoms with Crippen molar-refractivity contribution < 1.29 is 42.7 Å². The molecule has 5 rings (SSSR count). The van der Waals surface area contributed by atoms with Crippen LogP contribution in [0.2, 0.25) is 0 Å². The lowest BCUT2D eigenvalue weighted by Crippen LogP contribution is -2.41. The Bertz CT molecular complexity index is 1350. The molecule has 0 spiro atoms. The van der Waals surface area contributed by atoms with Gasteiger partial charge in [-0.1, -0.05) is 24.6 Å². The number of nitrogens with zero attached hydrogens (tertiary/aromatic N) is 1. The highest BCUT2D eigenvalue weighted by atomic mass is 16.7. The van der Waals surface area contributed by atoms with Crippen molar-refractivity contribution in [2.75, 3.05) is 40.8 Å². The smallest absolute Gasteiger partial charge is 0.343 e. The van der Waals surface area contributed by atoms with Crippen LogP contribution in [0.3, 0.4) is 0 Å². The van der Waals surface area contributed by atoms with Gasteiger partial charge in [0.2, 0.25) is 6.79 Å². The molecule has 2 heterocycles. The lowest BCUT2D eigenvalue weighted by Gasteiger charge is -2.33. The number of likely N-dealkylation sites (tertiary alicyclic amines) is 1. The second kappa shape index (κ2) is 12.6. The molecule has 41 heavy (non-hydrogen) atoms. The van der Waals surface area contributed by atoms with E-state index in [1.54, 1.807) is 31.4 Å². The van der Waals surface area contributed by atoms with Gasteiger partial charge < -0.3 is 33.2 Å². The minimum Gasteiger partial charge on any atom is -0.498 e. The third-order valence-corrected chi connectivity index (χ3v) is 7.49. The van der Waals surface area contributed by atoms with E-state index >= 15 is 0 Å². The lowest BCUT2D eigenvalue weighted by atomic mass is 9.84. The molecule has 2 aromatic carbocycles. The third kappa shape index (κ3) is 6.12. The summed E-state index contributed by atoms with van der Waals surface area (Å²) in [5.41, 5.74) is 2.00. The number of esters is 2. The van der Waals surface area contributed by atoms with Gasteiger partial charge in [0.25, 0.3) is 0 Å². The number of fused-ring (bicyclic) bond motifs is 2. The second-order valence-corrected chi connectivity index (χ2v) is 10.0. The SMILES string of the molecule is CCCOC1=CC=C2CN(C(C)C(=O)Oc3ccc4c(c3)OCO4)C(c3ccc(OC)cc3OCC(=O)OC)C2C1. The number of ether oxygens (including phenoxy) is 7. The highest BCUT2D eigenvalue weighted by Gasteiger charge is 2.45. The summed E-state index contributed by atoms with van der Waals surface area (Å²) in [5, 5.41) is 0. The molecule has 218 valence electrons. The minimum atomic E-state index is -0.618. The van der Waals surface area contributed by atoms with Gasteiger partial charge in [-0.2, -0.15) is 0 Å². The van der Waals surface area contributed by atoms with Crippen LogP contribution in [0.15, 0.2) is 59.9 Å². The van der Waals surface area contributed by atoms with Crippen molar-refractivity contribution in [2.24, 2.45) is 5.92 Å². The molecule has 3 aliphatic rings. The Labute approximate surface area is 239 Å². The molecule has 10 heteroatoms. The number of carbonyl (C=O) groups is 2. The van der Waals surface area contributed by atoms with Crippen LogP contribution in [0.4, 0.5) is 0 Å². The van der Waals surface area contributed by atoms with Crippen molar-refractivity contribution in [1.29, 1.82) is 0 Å². The molecule has 0 N–H and O–H groups in total. The van der Waals surface area contributed by atoms with E-state index in [4.69, 9.17) is 33.2 Å². The first-order chi connectivity index (χ1) is 19.9. The predicted octanol–water partition coefficient (Wildman–Crippen LogP) is 4.58. The molecular weight excluding hydrogens is 530 g/mol. The third-order valence-electron chi connectivity index (χ3n) is 7.49. The van der Waals surface area contributed by atoms with Crippen LogP contribution >= 0.6 is 0 Å². The molecule has 10 nitrogen and oxygen atoms in total. The maximum Gasteiger partial charge on any atom is 0.343 e. The zero-order valence-corrected chi connectivity index (χ0v) is 23.7. The van der Waals surface area contributed by atoms with Crippen LogP contribution in [0.5, 0.6) is 28.7 Å². The van der Waals surface area contributed by atoms with E-state index in [9.17, 15) is 9.59 Å². The topological polar surface area (TPSA) is 102 Å². The van der Waals surface area contributed by atoms with E-state index in [0.29, 0.717) is 48.3 Å². The number of hydrogen-bond donors (Lipinski definition) is 0. The number of methoxy groups -OCH3 is 2. The molecule has 1 saturated heterocycles. The van der Waals surface area contributed by atoms with Crippen molar-refractivity contribution in [1.82, 2.24) is 4.90 Å².